The lowest BCUT2D eigenvalue weighted by Gasteiger charge is -2.22. The second-order valence-corrected chi connectivity index (χ2v) is 21.1. The van der Waals surface area contributed by atoms with E-state index in [1.165, 1.54) is 302 Å². The van der Waals surface area contributed by atoms with Crippen LogP contribution in [0.1, 0.15) is 354 Å². The number of allylic oxidation sites excluding steroid dienone is 2. The van der Waals surface area contributed by atoms with Gasteiger partial charge in [-0.05, 0) is 38.5 Å². The monoisotopic (exact) mass is 916 g/mol. The van der Waals surface area contributed by atoms with Crippen LogP contribution in [-0.2, 0) is 4.79 Å². The molecule has 4 nitrogen and oxygen atoms in total. The van der Waals surface area contributed by atoms with Crippen molar-refractivity contribution in [3.63, 3.8) is 0 Å². The molecule has 0 saturated carbocycles. The Morgan fingerprint density at radius 1 is 0.354 bits per heavy atom. The number of nitrogens with one attached hydrogen (secondary N) is 1. The fourth-order valence-electron chi connectivity index (χ4n) is 9.89. The molecule has 0 fully saturated rings. The van der Waals surface area contributed by atoms with Gasteiger partial charge in [-0.2, -0.15) is 0 Å². The number of rotatable bonds is 57. The summed E-state index contributed by atoms with van der Waals surface area (Å²) in [4.78, 5) is 12.5. The molecule has 4 heteroatoms. The van der Waals surface area contributed by atoms with Gasteiger partial charge < -0.3 is 15.5 Å². The van der Waals surface area contributed by atoms with Crippen LogP contribution in [0, 0.1) is 0 Å². The zero-order valence-corrected chi connectivity index (χ0v) is 44.8. The van der Waals surface area contributed by atoms with Gasteiger partial charge in [0.1, 0.15) is 0 Å². The van der Waals surface area contributed by atoms with E-state index in [9.17, 15) is 15.0 Å². The lowest BCUT2D eigenvalue weighted by molar-refractivity contribution is -0.123. The number of unbranched alkanes of at least 4 members (excludes halogenated alkanes) is 48. The number of aliphatic hydroxyl groups excluding tert-OH is 2. The van der Waals surface area contributed by atoms with Crippen molar-refractivity contribution in [2.24, 2.45) is 0 Å². The van der Waals surface area contributed by atoms with Crippen molar-refractivity contribution >= 4 is 5.91 Å². The zero-order chi connectivity index (χ0) is 47.0. The average Bonchev–Trinajstić information content (AvgIpc) is 3.31. The Kier molecular flexibility index (Phi) is 56.7. The highest BCUT2D eigenvalue weighted by atomic mass is 16.3. The van der Waals surface area contributed by atoms with Crippen LogP contribution in [0.15, 0.2) is 12.2 Å². The van der Waals surface area contributed by atoms with Crippen LogP contribution >= 0.6 is 0 Å². The van der Waals surface area contributed by atoms with Crippen molar-refractivity contribution in [2.45, 2.75) is 366 Å². The summed E-state index contributed by atoms with van der Waals surface area (Å²) in [5.74, 6) is -0.0236. The maximum atomic E-state index is 12.5. The molecule has 0 spiro atoms. The van der Waals surface area contributed by atoms with Crippen molar-refractivity contribution < 1.29 is 15.0 Å². The van der Waals surface area contributed by atoms with Gasteiger partial charge in [0.2, 0.25) is 5.91 Å². The molecular formula is C61H121NO3. The van der Waals surface area contributed by atoms with Crippen molar-refractivity contribution in [3.8, 4) is 0 Å². The maximum absolute atomic E-state index is 12.5. The molecule has 0 heterocycles. The van der Waals surface area contributed by atoms with E-state index in [0.29, 0.717) is 12.8 Å². The first-order valence-corrected chi connectivity index (χ1v) is 30.4. The third kappa shape index (κ3) is 53.9. The molecule has 0 aromatic carbocycles. The first-order valence-electron chi connectivity index (χ1n) is 30.4. The van der Waals surface area contributed by atoms with Gasteiger partial charge in [0.15, 0.2) is 0 Å². The molecule has 0 aliphatic heterocycles. The molecule has 0 saturated heterocycles. The van der Waals surface area contributed by atoms with Crippen molar-refractivity contribution in [1.29, 1.82) is 0 Å². The summed E-state index contributed by atoms with van der Waals surface area (Å²) in [6, 6.07) is -0.531. The Bertz CT molecular complexity index is 905. The van der Waals surface area contributed by atoms with Crippen LogP contribution in [0.3, 0.4) is 0 Å². The average molecular weight is 917 g/mol. The molecule has 0 rings (SSSR count). The van der Waals surface area contributed by atoms with Crippen LogP contribution in [0.25, 0.3) is 0 Å². The van der Waals surface area contributed by atoms with Gasteiger partial charge in [-0.15, -0.1) is 0 Å². The Morgan fingerprint density at radius 3 is 0.846 bits per heavy atom. The number of amides is 1. The molecule has 1 amide bonds. The standard InChI is InChI=1S/C61H121NO3/c1-3-5-7-9-11-13-15-17-19-20-21-22-23-24-25-26-27-28-29-30-31-32-33-34-35-36-37-38-39-40-41-42-43-45-47-49-51-53-55-57-61(65)62-59(58-63)60(64)56-54-52-50-48-46-44-18-16-14-12-10-8-6-4-2/h20-21,59-60,63-64H,3-19,22-58H2,1-2H3,(H,62,65)/b21-20-. The normalized spacial score (nSPS) is 12.7. The van der Waals surface area contributed by atoms with E-state index in [-0.39, 0.29) is 12.5 Å². The van der Waals surface area contributed by atoms with Crippen molar-refractivity contribution in [2.75, 3.05) is 6.61 Å². The van der Waals surface area contributed by atoms with Gasteiger partial charge in [0.05, 0.1) is 18.8 Å². The number of aliphatic hydroxyl groups is 2. The third-order valence-electron chi connectivity index (χ3n) is 14.5. The van der Waals surface area contributed by atoms with Gasteiger partial charge in [-0.1, -0.05) is 321 Å². The summed E-state index contributed by atoms with van der Waals surface area (Å²) in [5, 5.41) is 23.3. The summed E-state index contributed by atoms with van der Waals surface area (Å²) >= 11 is 0. The van der Waals surface area contributed by atoms with E-state index in [1.54, 1.807) is 0 Å². The molecule has 0 aromatic rings. The summed E-state index contributed by atoms with van der Waals surface area (Å²) < 4.78 is 0. The predicted octanol–water partition coefficient (Wildman–Crippen LogP) is 20.1. The topological polar surface area (TPSA) is 69.6 Å². The molecule has 65 heavy (non-hydrogen) atoms. The number of carbonyl (C=O) groups is 1. The van der Waals surface area contributed by atoms with Crippen LogP contribution < -0.4 is 5.32 Å². The maximum Gasteiger partial charge on any atom is 0.220 e. The van der Waals surface area contributed by atoms with E-state index in [0.717, 1.165) is 25.7 Å². The van der Waals surface area contributed by atoms with Crippen LogP contribution in [0.5, 0.6) is 0 Å². The van der Waals surface area contributed by atoms with Gasteiger partial charge in [-0.3, -0.25) is 4.79 Å². The number of carbonyl (C=O) groups excluding carboxylic acids is 1. The Labute approximate surface area is 409 Å². The minimum Gasteiger partial charge on any atom is -0.394 e. The molecule has 0 aliphatic rings. The second kappa shape index (κ2) is 57.4. The fourth-order valence-corrected chi connectivity index (χ4v) is 9.89. The minimum atomic E-state index is -0.655. The van der Waals surface area contributed by atoms with E-state index in [4.69, 9.17) is 0 Å². The van der Waals surface area contributed by atoms with Crippen LogP contribution in [-0.4, -0.2) is 34.9 Å². The highest BCUT2D eigenvalue weighted by molar-refractivity contribution is 5.76. The third-order valence-corrected chi connectivity index (χ3v) is 14.5. The predicted molar refractivity (Wildman–Crippen MR) is 290 cm³/mol. The van der Waals surface area contributed by atoms with Gasteiger partial charge in [0.25, 0.3) is 0 Å². The summed E-state index contributed by atoms with van der Waals surface area (Å²) in [6.45, 7) is 4.39. The summed E-state index contributed by atoms with van der Waals surface area (Å²) in [6.07, 6.45) is 75.2. The number of hydrogen-bond donors (Lipinski definition) is 3. The highest BCUT2D eigenvalue weighted by Crippen LogP contribution is 2.18. The van der Waals surface area contributed by atoms with E-state index in [1.807, 2.05) is 0 Å². The minimum absolute atomic E-state index is 0.0236. The van der Waals surface area contributed by atoms with E-state index < -0.39 is 12.1 Å². The number of hydrogen-bond acceptors (Lipinski definition) is 3. The molecule has 2 atom stereocenters. The zero-order valence-electron chi connectivity index (χ0n) is 44.8. The lowest BCUT2D eigenvalue weighted by Crippen LogP contribution is -2.45. The molecule has 0 radical (unpaired) electrons. The Hall–Kier alpha value is -0.870. The molecular weight excluding hydrogens is 795 g/mol. The van der Waals surface area contributed by atoms with Gasteiger partial charge in [-0.25, -0.2) is 0 Å². The van der Waals surface area contributed by atoms with Gasteiger partial charge >= 0.3 is 0 Å². The van der Waals surface area contributed by atoms with Gasteiger partial charge in [0, 0.05) is 6.42 Å². The quantitative estimate of drug-likeness (QED) is 0.0421. The molecule has 388 valence electrons. The largest absolute Gasteiger partial charge is 0.394 e. The lowest BCUT2D eigenvalue weighted by atomic mass is 10.0. The summed E-state index contributed by atoms with van der Waals surface area (Å²) in [5.41, 5.74) is 0. The van der Waals surface area contributed by atoms with Crippen molar-refractivity contribution in [3.05, 3.63) is 12.2 Å². The molecule has 0 aromatic heterocycles. The molecule has 2 unspecified atom stereocenters. The van der Waals surface area contributed by atoms with Crippen molar-refractivity contribution in [1.82, 2.24) is 5.32 Å². The molecule has 3 N–H and O–H groups in total. The van der Waals surface area contributed by atoms with Crippen LogP contribution in [0.2, 0.25) is 0 Å². The fraction of sp³-hybridized carbons (Fsp3) is 0.951. The first kappa shape index (κ1) is 64.1. The Balaban J connectivity index is 3.33. The van der Waals surface area contributed by atoms with Crippen LogP contribution in [0.4, 0.5) is 0 Å². The smallest absolute Gasteiger partial charge is 0.220 e. The first-order chi connectivity index (χ1) is 32.2. The second-order valence-electron chi connectivity index (χ2n) is 21.1. The molecule has 0 aliphatic carbocycles. The summed E-state index contributed by atoms with van der Waals surface area (Å²) in [7, 11) is 0. The van der Waals surface area contributed by atoms with E-state index >= 15 is 0 Å². The molecule has 0 bridgehead atoms. The Morgan fingerprint density at radius 2 is 0.585 bits per heavy atom. The van der Waals surface area contributed by atoms with E-state index in [2.05, 4.69) is 31.3 Å². The highest BCUT2D eigenvalue weighted by Gasteiger charge is 2.20. The SMILES string of the molecule is CCCCCCCCCC/C=C\CCCCCCCCCCCCCCCCCCCCCCCCCCCCCC(=O)NC(CO)C(O)CCCCCCCCCCCCCCCC.